The molecular formula is C9H4FN2NaO3. The molecule has 0 atom stereocenters. The molecule has 2 aromatic rings. The van der Waals surface area contributed by atoms with Crippen LogP contribution in [0.4, 0.5) is 4.39 Å². The number of benzene rings is 1. The second-order valence-electron chi connectivity index (χ2n) is 2.69. The number of hydrogen-bond donors (Lipinski definition) is 0. The third-order valence-electron chi connectivity index (χ3n) is 1.72. The van der Waals surface area contributed by atoms with Crippen LogP contribution in [-0.2, 0) is 0 Å². The van der Waals surface area contributed by atoms with E-state index in [9.17, 15) is 14.3 Å². The Morgan fingerprint density at radius 3 is 2.62 bits per heavy atom. The molecule has 0 saturated carbocycles. The molecule has 5 nitrogen and oxygen atoms in total. The molecule has 0 aliphatic carbocycles. The summed E-state index contributed by atoms with van der Waals surface area (Å²) in [4.78, 5) is 13.8. The van der Waals surface area contributed by atoms with Crippen LogP contribution in [0.15, 0.2) is 28.8 Å². The van der Waals surface area contributed by atoms with E-state index in [0.29, 0.717) is 0 Å². The van der Waals surface area contributed by atoms with Crippen LogP contribution in [0.2, 0.25) is 0 Å². The molecule has 0 radical (unpaired) electrons. The van der Waals surface area contributed by atoms with Gasteiger partial charge in [0.05, 0.1) is 5.56 Å². The van der Waals surface area contributed by atoms with Gasteiger partial charge in [0.2, 0.25) is 5.82 Å². The predicted molar refractivity (Wildman–Crippen MR) is 44.0 cm³/mol. The maximum Gasteiger partial charge on any atom is 1.00 e. The van der Waals surface area contributed by atoms with E-state index < -0.39 is 17.7 Å². The summed E-state index contributed by atoms with van der Waals surface area (Å²) >= 11 is 0. The van der Waals surface area contributed by atoms with Crippen LogP contribution >= 0.6 is 0 Å². The third-order valence-corrected chi connectivity index (χ3v) is 1.72. The Kier molecular flexibility index (Phi) is 4.17. The van der Waals surface area contributed by atoms with Gasteiger partial charge in [-0.1, -0.05) is 17.3 Å². The molecule has 0 fully saturated rings. The zero-order chi connectivity index (χ0) is 10.8. The molecule has 1 aromatic heterocycles. The first-order valence-electron chi connectivity index (χ1n) is 3.98. The van der Waals surface area contributed by atoms with Crippen molar-refractivity contribution >= 4 is 5.97 Å². The Morgan fingerprint density at radius 1 is 1.38 bits per heavy atom. The molecule has 2 rings (SSSR count). The Balaban J connectivity index is 0.00000128. The monoisotopic (exact) mass is 230 g/mol. The van der Waals surface area contributed by atoms with E-state index >= 15 is 0 Å². The summed E-state index contributed by atoms with van der Waals surface area (Å²) in [7, 11) is 0. The van der Waals surface area contributed by atoms with E-state index in [1.165, 1.54) is 18.2 Å². The van der Waals surface area contributed by atoms with Gasteiger partial charge in [0.1, 0.15) is 11.8 Å². The molecule has 0 aliphatic rings. The molecule has 16 heavy (non-hydrogen) atoms. The van der Waals surface area contributed by atoms with Crippen molar-refractivity contribution in [1.29, 1.82) is 0 Å². The predicted octanol–water partition coefficient (Wildman–Crippen LogP) is -2.76. The number of hydrogen-bond acceptors (Lipinski definition) is 5. The standard InChI is InChI=1S/C9H5FN2O3.Na/c10-6-4-2-1-3-5(6)7-11-8(9(13)14)15-12-7;/h1-4H,(H,13,14);/q;+1/p-1. The number of aromatic nitrogens is 2. The first-order chi connectivity index (χ1) is 7.18. The number of carbonyl (C=O) groups excluding carboxylic acids is 1. The zero-order valence-corrected chi connectivity index (χ0v) is 10.3. The fraction of sp³-hybridized carbons (Fsp3) is 0. The summed E-state index contributed by atoms with van der Waals surface area (Å²) in [5, 5.41) is 13.7. The van der Waals surface area contributed by atoms with Gasteiger partial charge in [0, 0.05) is 0 Å². The first kappa shape index (κ1) is 12.8. The van der Waals surface area contributed by atoms with Crippen LogP contribution in [0.1, 0.15) is 10.7 Å². The first-order valence-corrected chi connectivity index (χ1v) is 3.98. The molecule has 0 bridgehead atoms. The van der Waals surface area contributed by atoms with Crippen molar-refractivity contribution in [3.05, 3.63) is 36.0 Å². The Hall–Kier alpha value is -1.24. The SMILES string of the molecule is O=C([O-])c1nc(-c2ccccc2F)no1.[Na+]. The van der Waals surface area contributed by atoms with E-state index in [2.05, 4.69) is 14.7 Å². The minimum Gasteiger partial charge on any atom is -0.540 e. The van der Waals surface area contributed by atoms with E-state index in [4.69, 9.17) is 0 Å². The number of nitrogens with zero attached hydrogens (tertiary/aromatic N) is 2. The van der Waals surface area contributed by atoms with Crippen molar-refractivity contribution in [3.8, 4) is 11.4 Å². The van der Waals surface area contributed by atoms with Crippen LogP contribution in [0, 0.1) is 5.82 Å². The second kappa shape index (κ2) is 5.20. The molecule has 1 heterocycles. The number of carboxylic acids is 1. The van der Waals surface area contributed by atoms with E-state index in [1.807, 2.05) is 0 Å². The van der Waals surface area contributed by atoms with E-state index in [-0.39, 0.29) is 40.9 Å². The summed E-state index contributed by atoms with van der Waals surface area (Å²) in [5.41, 5.74) is 0.0775. The van der Waals surface area contributed by atoms with Crippen LogP contribution in [0.25, 0.3) is 11.4 Å². The van der Waals surface area contributed by atoms with Crippen molar-refractivity contribution < 1.29 is 48.4 Å². The van der Waals surface area contributed by atoms with Gasteiger partial charge in [-0.2, -0.15) is 4.98 Å². The van der Waals surface area contributed by atoms with Gasteiger partial charge in [-0.05, 0) is 12.1 Å². The summed E-state index contributed by atoms with van der Waals surface area (Å²) in [5.74, 6) is -2.94. The normalized spacial score (nSPS) is 9.56. The Morgan fingerprint density at radius 2 is 2.06 bits per heavy atom. The molecule has 0 spiro atoms. The number of carbonyl (C=O) groups is 1. The minimum atomic E-state index is -1.59. The van der Waals surface area contributed by atoms with Crippen molar-refractivity contribution in [2.24, 2.45) is 0 Å². The van der Waals surface area contributed by atoms with Crippen molar-refractivity contribution in [2.75, 3.05) is 0 Å². The van der Waals surface area contributed by atoms with Crippen LogP contribution in [-0.4, -0.2) is 16.1 Å². The summed E-state index contributed by atoms with van der Waals surface area (Å²) in [6.45, 7) is 0. The van der Waals surface area contributed by atoms with Gasteiger partial charge in [-0.3, -0.25) is 0 Å². The number of carboxylic acid groups (broad SMARTS) is 1. The molecule has 1 aromatic carbocycles. The number of halogens is 1. The molecule has 0 unspecified atom stereocenters. The number of aromatic carboxylic acids is 1. The van der Waals surface area contributed by atoms with Gasteiger partial charge in [0.15, 0.2) is 0 Å². The summed E-state index contributed by atoms with van der Waals surface area (Å²) in [6.07, 6.45) is 0. The Labute approximate surface area is 112 Å². The minimum absolute atomic E-state index is 0. The molecule has 0 saturated heterocycles. The van der Waals surface area contributed by atoms with Gasteiger partial charge >= 0.3 is 29.6 Å². The van der Waals surface area contributed by atoms with E-state index in [0.717, 1.165) is 0 Å². The molecule has 7 heteroatoms. The summed E-state index contributed by atoms with van der Waals surface area (Å²) in [6, 6.07) is 5.70. The van der Waals surface area contributed by atoms with Crippen LogP contribution in [0.3, 0.4) is 0 Å². The van der Waals surface area contributed by atoms with Crippen molar-refractivity contribution in [3.63, 3.8) is 0 Å². The van der Waals surface area contributed by atoms with Gasteiger partial charge in [-0.25, -0.2) is 4.39 Å². The molecular weight excluding hydrogens is 226 g/mol. The average Bonchev–Trinajstić information content (AvgIpc) is 2.67. The van der Waals surface area contributed by atoms with Gasteiger partial charge < -0.3 is 14.4 Å². The number of rotatable bonds is 2. The van der Waals surface area contributed by atoms with Crippen molar-refractivity contribution in [2.45, 2.75) is 0 Å². The van der Waals surface area contributed by atoms with Gasteiger partial charge in [0.25, 0.3) is 5.89 Å². The maximum absolute atomic E-state index is 13.2. The van der Waals surface area contributed by atoms with Crippen molar-refractivity contribution in [1.82, 2.24) is 10.1 Å². The molecule has 0 N–H and O–H groups in total. The average molecular weight is 230 g/mol. The molecule has 0 aliphatic heterocycles. The fourth-order valence-electron chi connectivity index (χ4n) is 1.06. The Bertz CT molecular complexity index is 515. The largest absolute Gasteiger partial charge is 1.00 e. The van der Waals surface area contributed by atoms with Crippen LogP contribution < -0.4 is 34.7 Å². The molecule has 76 valence electrons. The fourth-order valence-corrected chi connectivity index (χ4v) is 1.06. The summed E-state index contributed by atoms with van der Waals surface area (Å²) < 4.78 is 17.5. The second-order valence-corrected chi connectivity index (χ2v) is 2.69. The zero-order valence-electron chi connectivity index (χ0n) is 8.31. The quantitative estimate of drug-likeness (QED) is 0.522. The maximum atomic E-state index is 13.2. The molecule has 0 amide bonds. The third kappa shape index (κ3) is 2.46. The smallest absolute Gasteiger partial charge is 0.540 e. The van der Waals surface area contributed by atoms with Gasteiger partial charge in [-0.15, -0.1) is 0 Å². The topological polar surface area (TPSA) is 79.0 Å². The van der Waals surface area contributed by atoms with E-state index in [1.54, 1.807) is 6.07 Å². The van der Waals surface area contributed by atoms with Crippen LogP contribution in [0.5, 0.6) is 0 Å².